The van der Waals surface area contributed by atoms with Gasteiger partial charge in [-0.1, -0.05) is 30.3 Å². The first-order valence-corrected chi connectivity index (χ1v) is 8.78. The number of thiophene rings is 1. The summed E-state index contributed by atoms with van der Waals surface area (Å²) in [4.78, 5) is 24.7. The van der Waals surface area contributed by atoms with Gasteiger partial charge in [-0.2, -0.15) is 0 Å². The number of carbonyl (C=O) groups excluding carboxylic acids is 1. The molecule has 1 aromatic heterocycles. The first-order valence-electron chi connectivity index (χ1n) is 7.96. The molecule has 0 radical (unpaired) electrons. The van der Waals surface area contributed by atoms with E-state index in [1.165, 1.54) is 11.3 Å². The third kappa shape index (κ3) is 4.00. The van der Waals surface area contributed by atoms with Gasteiger partial charge in [-0.3, -0.25) is 5.32 Å². The molecular formula is C18H20N2O4S. The Balaban J connectivity index is 1.75. The first-order chi connectivity index (χ1) is 11.9. The Bertz CT molecular complexity index is 799. The molecule has 25 heavy (non-hydrogen) atoms. The van der Waals surface area contributed by atoms with E-state index in [2.05, 4.69) is 10.6 Å². The topological polar surface area (TPSA) is 87.7 Å². The van der Waals surface area contributed by atoms with Gasteiger partial charge in [0.1, 0.15) is 5.00 Å². The number of hydrogen-bond acceptors (Lipinski definition) is 4. The lowest BCUT2D eigenvalue weighted by atomic mass is 9.93. The fourth-order valence-electron chi connectivity index (χ4n) is 2.79. The van der Waals surface area contributed by atoms with Crippen molar-refractivity contribution in [3.8, 4) is 0 Å². The van der Waals surface area contributed by atoms with Crippen molar-refractivity contribution in [2.45, 2.75) is 39.0 Å². The maximum absolute atomic E-state index is 12.2. The molecule has 7 heteroatoms. The molecule has 3 rings (SSSR count). The number of amides is 2. The summed E-state index contributed by atoms with van der Waals surface area (Å²) in [6, 6.07) is 9.09. The first kappa shape index (κ1) is 17.4. The number of aromatic carboxylic acids is 1. The third-order valence-electron chi connectivity index (χ3n) is 4.02. The molecule has 132 valence electrons. The van der Waals surface area contributed by atoms with Crippen LogP contribution in [-0.4, -0.2) is 22.7 Å². The lowest BCUT2D eigenvalue weighted by Gasteiger charge is -2.30. The van der Waals surface area contributed by atoms with E-state index in [-0.39, 0.29) is 5.56 Å². The standard InChI is InChI=1S/C18H20N2O4S/c1-18(2)8-12-13(10-24-18)25-15(14(12)16(21)22)20-17(23)19-9-11-6-4-3-5-7-11/h3-7H,8-10H2,1-2H3,(H,21,22)(H2,19,20,23). The molecule has 0 saturated heterocycles. The molecule has 2 heterocycles. The van der Waals surface area contributed by atoms with Crippen molar-refractivity contribution in [2.24, 2.45) is 0 Å². The fraction of sp³-hybridized carbons (Fsp3) is 0.333. The molecule has 0 atom stereocenters. The normalized spacial score (nSPS) is 15.3. The summed E-state index contributed by atoms with van der Waals surface area (Å²) in [6.45, 7) is 4.59. The molecule has 0 bridgehead atoms. The molecular weight excluding hydrogens is 340 g/mol. The van der Waals surface area contributed by atoms with Crippen molar-refractivity contribution >= 4 is 28.3 Å². The zero-order chi connectivity index (χ0) is 18.0. The van der Waals surface area contributed by atoms with Gasteiger partial charge in [-0.05, 0) is 25.0 Å². The van der Waals surface area contributed by atoms with Crippen molar-refractivity contribution in [3.63, 3.8) is 0 Å². The maximum atomic E-state index is 12.2. The van der Waals surface area contributed by atoms with E-state index in [1.807, 2.05) is 44.2 Å². The Morgan fingerprint density at radius 3 is 2.68 bits per heavy atom. The van der Waals surface area contributed by atoms with E-state index in [1.54, 1.807) is 0 Å². The van der Waals surface area contributed by atoms with Gasteiger partial charge in [0, 0.05) is 17.8 Å². The van der Waals surface area contributed by atoms with Gasteiger partial charge in [-0.25, -0.2) is 9.59 Å². The number of anilines is 1. The average molecular weight is 360 g/mol. The Morgan fingerprint density at radius 2 is 2.00 bits per heavy atom. The SMILES string of the molecule is CC1(C)Cc2c(sc(NC(=O)NCc3ccccc3)c2C(=O)O)CO1. The minimum Gasteiger partial charge on any atom is -0.478 e. The van der Waals surface area contributed by atoms with E-state index < -0.39 is 17.6 Å². The van der Waals surface area contributed by atoms with Crippen LogP contribution in [0.5, 0.6) is 0 Å². The third-order valence-corrected chi connectivity index (χ3v) is 5.14. The quantitative estimate of drug-likeness (QED) is 0.777. The minimum atomic E-state index is -1.03. The van der Waals surface area contributed by atoms with Crippen LogP contribution in [0.25, 0.3) is 0 Å². The zero-order valence-corrected chi connectivity index (χ0v) is 14.9. The van der Waals surface area contributed by atoms with Crippen LogP contribution in [0.3, 0.4) is 0 Å². The van der Waals surface area contributed by atoms with Crippen LogP contribution in [0, 0.1) is 0 Å². The van der Waals surface area contributed by atoms with Crippen molar-refractivity contribution in [3.05, 3.63) is 51.9 Å². The van der Waals surface area contributed by atoms with Gasteiger partial charge in [-0.15, -0.1) is 11.3 Å². The Kier molecular flexibility index (Phi) is 4.78. The van der Waals surface area contributed by atoms with Gasteiger partial charge < -0.3 is 15.2 Å². The number of benzene rings is 1. The van der Waals surface area contributed by atoms with E-state index in [0.717, 1.165) is 16.0 Å². The smallest absolute Gasteiger partial charge is 0.339 e. The monoisotopic (exact) mass is 360 g/mol. The van der Waals surface area contributed by atoms with Crippen LogP contribution in [-0.2, 0) is 24.3 Å². The number of rotatable bonds is 4. The van der Waals surface area contributed by atoms with Crippen molar-refractivity contribution in [2.75, 3.05) is 5.32 Å². The molecule has 1 aliphatic heterocycles. The van der Waals surface area contributed by atoms with Crippen LogP contribution in [0.1, 0.15) is 40.2 Å². The number of ether oxygens (including phenoxy) is 1. The summed E-state index contributed by atoms with van der Waals surface area (Å²) >= 11 is 1.26. The minimum absolute atomic E-state index is 0.172. The van der Waals surface area contributed by atoms with Crippen LogP contribution >= 0.6 is 11.3 Å². The summed E-state index contributed by atoms with van der Waals surface area (Å²) in [5, 5.41) is 15.4. The lowest BCUT2D eigenvalue weighted by molar-refractivity contribution is -0.0384. The molecule has 0 fully saturated rings. The predicted octanol–water partition coefficient (Wildman–Crippen LogP) is 3.62. The second kappa shape index (κ2) is 6.85. The number of hydrogen-bond donors (Lipinski definition) is 3. The van der Waals surface area contributed by atoms with Crippen LogP contribution < -0.4 is 10.6 Å². The fourth-order valence-corrected chi connectivity index (χ4v) is 3.91. The Hall–Kier alpha value is -2.38. The van der Waals surface area contributed by atoms with Crippen molar-refractivity contribution < 1.29 is 19.4 Å². The predicted molar refractivity (Wildman–Crippen MR) is 96.2 cm³/mol. The van der Waals surface area contributed by atoms with Crippen LogP contribution in [0.15, 0.2) is 30.3 Å². The molecule has 1 aromatic carbocycles. The van der Waals surface area contributed by atoms with Gasteiger partial charge in [0.2, 0.25) is 0 Å². The summed E-state index contributed by atoms with van der Waals surface area (Å²) in [7, 11) is 0. The second-order valence-corrected chi connectivity index (χ2v) is 7.64. The molecule has 2 amide bonds. The molecule has 3 N–H and O–H groups in total. The van der Waals surface area contributed by atoms with Gasteiger partial charge in [0.25, 0.3) is 0 Å². The van der Waals surface area contributed by atoms with E-state index in [4.69, 9.17) is 4.74 Å². The Morgan fingerprint density at radius 1 is 1.28 bits per heavy atom. The van der Waals surface area contributed by atoms with E-state index in [9.17, 15) is 14.7 Å². The number of urea groups is 1. The summed E-state index contributed by atoms with van der Waals surface area (Å²) < 4.78 is 5.74. The number of carboxylic acid groups (broad SMARTS) is 1. The summed E-state index contributed by atoms with van der Waals surface area (Å²) in [6.07, 6.45) is 0.508. The van der Waals surface area contributed by atoms with E-state index >= 15 is 0 Å². The van der Waals surface area contributed by atoms with Gasteiger partial charge >= 0.3 is 12.0 Å². The molecule has 0 saturated carbocycles. The molecule has 0 aliphatic carbocycles. The van der Waals surface area contributed by atoms with Gasteiger partial charge in [0.05, 0.1) is 17.8 Å². The highest BCUT2D eigenvalue weighted by molar-refractivity contribution is 7.17. The molecule has 0 spiro atoms. The van der Waals surface area contributed by atoms with Crippen molar-refractivity contribution in [1.29, 1.82) is 0 Å². The molecule has 6 nitrogen and oxygen atoms in total. The zero-order valence-electron chi connectivity index (χ0n) is 14.1. The highest BCUT2D eigenvalue weighted by Gasteiger charge is 2.33. The summed E-state index contributed by atoms with van der Waals surface area (Å²) in [5.74, 6) is -1.03. The number of carboxylic acids is 1. The number of nitrogens with one attached hydrogen (secondary N) is 2. The van der Waals surface area contributed by atoms with Crippen LogP contribution in [0.4, 0.5) is 9.80 Å². The number of fused-ring (bicyclic) bond motifs is 1. The highest BCUT2D eigenvalue weighted by Crippen LogP contribution is 2.40. The summed E-state index contributed by atoms with van der Waals surface area (Å²) in [5.41, 5.74) is 1.49. The largest absolute Gasteiger partial charge is 0.478 e. The molecule has 0 unspecified atom stereocenters. The van der Waals surface area contributed by atoms with E-state index in [0.29, 0.717) is 24.6 Å². The molecule has 1 aliphatic rings. The van der Waals surface area contributed by atoms with Crippen LogP contribution in [0.2, 0.25) is 0 Å². The van der Waals surface area contributed by atoms with Gasteiger partial charge in [0.15, 0.2) is 0 Å². The highest BCUT2D eigenvalue weighted by atomic mass is 32.1. The maximum Gasteiger partial charge on any atom is 0.339 e. The average Bonchev–Trinajstić information content (AvgIpc) is 2.89. The second-order valence-electron chi connectivity index (χ2n) is 6.53. The van der Waals surface area contributed by atoms with Crippen molar-refractivity contribution in [1.82, 2.24) is 5.32 Å². The Labute approximate surface area is 149 Å². The number of carbonyl (C=O) groups is 2. The lowest BCUT2D eigenvalue weighted by Crippen LogP contribution is -2.32. The molecule has 2 aromatic rings.